The van der Waals surface area contributed by atoms with Crippen LogP contribution in [0.2, 0.25) is 0 Å². The Morgan fingerprint density at radius 1 is 1.56 bits per heavy atom. The molecule has 1 aromatic rings. The van der Waals surface area contributed by atoms with Crippen LogP contribution in [0.4, 0.5) is 0 Å². The first-order valence-corrected chi connectivity index (χ1v) is 6.27. The van der Waals surface area contributed by atoms with Gasteiger partial charge in [0.15, 0.2) is 0 Å². The normalized spacial score (nSPS) is 14.4. The zero-order valence-corrected chi connectivity index (χ0v) is 12.1. The molecule has 1 unspecified atom stereocenters. The summed E-state index contributed by atoms with van der Waals surface area (Å²) in [7, 11) is 0. The molecule has 1 heterocycles. The van der Waals surface area contributed by atoms with Crippen molar-refractivity contribution in [1.29, 1.82) is 0 Å². The second-order valence-corrected chi connectivity index (χ2v) is 5.62. The number of hydrogen-bond acceptors (Lipinski definition) is 5. The van der Waals surface area contributed by atoms with E-state index in [0.717, 1.165) is 4.47 Å². The summed E-state index contributed by atoms with van der Waals surface area (Å²) in [6, 6.07) is 2.77. The Morgan fingerprint density at radius 2 is 2.22 bits per heavy atom. The number of aromatic nitrogens is 1. The summed E-state index contributed by atoms with van der Waals surface area (Å²) in [4.78, 5) is 7.88. The molecular weight excluding hydrogens is 300 g/mol. The maximum atomic E-state index is 11.5. The van der Waals surface area contributed by atoms with Crippen molar-refractivity contribution in [3.05, 3.63) is 28.5 Å². The highest BCUT2D eigenvalue weighted by Crippen LogP contribution is 2.17. The molecule has 100 valence electrons. The van der Waals surface area contributed by atoms with Crippen molar-refractivity contribution < 1.29 is 14.9 Å². The van der Waals surface area contributed by atoms with Crippen LogP contribution in [0.3, 0.4) is 0 Å². The standard InChI is InChI=1S/C12H17BrN2O3/c1-12(2,3)18-11(17)15-10(7-16)9-5-4-8(13)6-14-9/h4-6,10,16H,7H2,1-3H3,(H,15,17)/p-1. The van der Waals surface area contributed by atoms with Gasteiger partial charge in [-0.1, -0.05) is 20.8 Å². The molecule has 18 heavy (non-hydrogen) atoms. The molecule has 5 nitrogen and oxygen atoms in total. The van der Waals surface area contributed by atoms with E-state index in [4.69, 9.17) is 4.74 Å². The molecule has 0 aliphatic carbocycles. The highest BCUT2D eigenvalue weighted by molar-refractivity contribution is 9.10. The van der Waals surface area contributed by atoms with E-state index in [2.05, 4.69) is 25.9 Å². The van der Waals surface area contributed by atoms with Gasteiger partial charge in [-0.05, 0) is 28.1 Å². The van der Waals surface area contributed by atoms with Gasteiger partial charge in [0.2, 0.25) is 0 Å². The first kappa shape index (κ1) is 14.9. The number of aliphatic hydroxyl groups excluding tert-OH is 1. The number of hydrogen-bond donors (Lipinski definition) is 1. The second-order valence-electron chi connectivity index (χ2n) is 4.71. The van der Waals surface area contributed by atoms with Crippen LogP contribution in [0.1, 0.15) is 32.5 Å². The molecule has 0 fully saturated rings. The minimum Gasteiger partial charge on any atom is -0.595 e. The van der Waals surface area contributed by atoms with Crippen LogP contribution in [0, 0.1) is 0 Å². The maximum absolute atomic E-state index is 11.5. The fraction of sp³-hybridized carbons (Fsp3) is 0.500. The number of halogens is 1. The van der Waals surface area contributed by atoms with Gasteiger partial charge in [0.05, 0.1) is 12.3 Å². The third-order valence-electron chi connectivity index (χ3n) is 1.92. The number of nitrogens with zero attached hydrogens (tertiary/aromatic N) is 2. The first-order valence-electron chi connectivity index (χ1n) is 5.48. The zero-order valence-electron chi connectivity index (χ0n) is 10.6. The highest BCUT2D eigenvalue weighted by Gasteiger charge is 2.11. The Balaban J connectivity index is 2.84. The molecule has 0 saturated carbocycles. The Labute approximate surface area is 115 Å². The molecule has 1 atom stereocenters. The Hall–Kier alpha value is -1.14. The van der Waals surface area contributed by atoms with E-state index in [-0.39, 0.29) is 6.61 Å². The summed E-state index contributed by atoms with van der Waals surface area (Å²) in [6.07, 6.45) is 0.883. The molecule has 0 aromatic carbocycles. The van der Waals surface area contributed by atoms with Crippen LogP contribution >= 0.6 is 15.9 Å². The third-order valence-corrected chi connectivity index (χ3v) is 2.39. The van der Waals surface area contributed by atoms with Crippen LogP contribution in [-0.2, 0) is 4.74 Å². The largest absolute Gasteiger partial charge is 0.595 e. The second kappa shape index (κ2) is 6.15. The molecule has 1 rings (SSSR count). The van der Waals surface area contributed by atoms with Gasteiger partial charge in [-0.15, -0.1) is 0 Å². The van der Waals surface area contributed by atoms with Gasteiger partial charge < -0.3 is 14.9 Å². The van der Waals surface area contributed by atoms with E-state index >= 15 is 0 Å². The van der Waals surface area contributed by atoms with Crippen molar-refractivity contribution in [2.45, 2.75) is 32.4 Å². The lowest BCUT2D eigenvalue weighted by atomic mass is 10.2. The molecule has 1 N–H and O–H groups in total. The fourth-order valence-corrected chi connectivity index (χ4v) is 1.43. The summed E-state index contributed by atoms with van der Waals surface area (Å²) in [5, 5.41) is 20.8. The Morgan fingerprint density at radius 3 is 2.67 bits per heavy atom. The monoisotopic (exact) mass is 315 g/mol. The van der Waals surface area contributed by atoms with Gasteiger partial charge in [0, 0.05) is 16.3 Å². The molecule has 6 heteroatoms. The predicted molar refractivity (Wildman–Crippen MR) is 70.0 cm³/mol. The molecule has 0 saturated heterocycles. The molecule has 0 aliphatic rings. The van der Waals surface area contributed by atoms with Crippen LogP contribution in [0.15, 0.2) is 27.8 Å². The molecule has 0 aliphatic heterocycles. The van der Waals surface area contributed by atoms with E-state index in [1.807, 2.05) is 0 Å². The summed E-state index contributed by atoms with van der Waals surface area (Å²) >= 11 is 3.26. The van der Waals surface area contributed by atoms with Gasteiger partial charge in [0.25, 0.3) is 0 Å². The van der Waals surface area contributed by atoms with Crippen LogP contribution in [0.5, 0.6) is 0 Å². The summed E-state index contributed by atoms with van der Waals surface area (Å²) in [5.41, 5.74) is -0.0835. The molecule has 0 bridgehead atoms. The molecule has 0 radical (unpaired) electrons. The predicted octanol–water partition coefficient (Wildman–Crippen LogP) is 1.41. The fourth-order valence-electron chi connectivity index (χ4n) is 1.20. The van der Waals surface area contributed by atoms with Gasteiger partial charge in [-0.3, -0.25) is 9.98 Å². The van der Waals surface area contributed by atoms with Crippen LogP contribution < -0.4 is 5.11 Å². The lowest BCUT2D eigenvalue weighted by Crippen LogP contribution is -2.32. The van der Waals surface area contributed by atoms with Crippen molar-refractivity contribution in [3.63, 3.8) is 0 Å². The molecule has 0 spiro atoms. The van der Waals surface area contributed by atoms with E-state index in [9.17, 15) is 10.2 Å². The quantitative estimate of drug-likeness (QED) is 0.675. The maximum Gasteiger partial charge on any atom is 0.146 e. The van der Waals surface area contributed by atoms with E-state index in [1.54, 1.807) is 39.1 Å². The van der Waals surface area contributed by atoms with E-state index < -0.39 is 17.7 Å². The van der Waals surface area contributed by atoms with E-state index in [1.165, 1.54) is 0 Å². The number of aliphatic hydroxyl groups is 1. The van der Waals surface area contributed by atoms with Crippen molar-refractivity contribution in [2.75, 3.05) is 6.61 Å². The van der Waals surface area contributed by atoms with Gasteiger partial charge >= 0.3 is 0 Å². The Kier molecular flexibility index (Phi) is 5.10. The lowest BCUT2D eigenvalue weighted by molar-refractivity contribution is -0.261. The molecule has 1 aromatic heterocycles. The summed E-state index contributed by atoms with van der Waals surface area (Å²) in [6.45, 7) is 4.97. The number of ether oxygens (including phenoxy) is 1. The Bertz CT molecular complexity index is 412. The summed E-state index contributed by atoms with van der Waals surface area (Å²) in [5.74, 6) is 0. The molecule has 0 amide bonds. The van der Waals surface area contributed by atoms with Gasteiger partial charge in [0.1, 0.15) is 12.1 Å². The van der Waals surface area contributed by atoms with Crippen LogP contribution in [-0.4, -0.2) is 28.4 Å². The average molecular weight is 316 g/mol. The summed E-state index contributed by atoms with van der Waals surface area (Å²) < 4.78 is 5.88. The van der Waals surface area contributed by atoms with Crippen molar-refractivity contribution in [3.8, 4) is 0 Å². The number of pyridine rings is 1. The topological polar surface area (TPSA) is 77.8 Å². The number of rotatable bonds is 3. The highest BCUT2D eigenvalue weighted by atomic mass is 79.9. The van der Waals surface area contributed by atoms with Gasteiger partial charge in [-0.25, -0.2) is 0 Å². The average Bonchev–Trinajstić information content (AvgIpc) is 2.25. The number of aliphatic imine (C=N–C) groups is 1. The van der Waals surface area contributed by atoms with Gasteiger partial charge in [-0.2, -0.15) is 0 Å². The van der Waals surface area contributed by atoms with E-state index in [0.29, 0.717) is 5.69 Å². The third kappa shape index (κ3) is 5.01. The first-order chi connectivity index (χ1) is 8.31. The van der Waals surface area contributed by atoms with Crippen molar-refractivity contribution in [1.82, 2.24) is 4.98 Å². The van der Waals surface area contributed by atoms with Crippen molar-refractivity contribution >= 4 is 22.0 Å². The minimum absolute atomic E-state index is 0.298. The van der Waals surface area contributed by atoms with Crippen molar-refractivity contribution in [2.24, 2.45) is 4.99 Å². The lowest BCUT2D eigenvalue weighted by Gasteiger charge is -2.30. The molecular formula is C12H16BrN2O3-. The zero-order chi connectivity index (χ0) is 13.8. The smallest absolute Gasteiger partial charge is 0.146 e. The minimum atomic E-state index is -0.703. The SMILES string of the molecule is CC(C)(C)OC([O-])=NC(CO)c1ccc(Br)cn1. The van der Waals surface area contributed by atoms with Crippen LogP contribution in [0.25, 0.3) is 0 Å².